The molecule has 1 heterocycles. The number of nitrogens with one attached hydrogen (secondary N) is 1. The monoisotopic (exact) mass is 373 g/mol. The molecule has 1 aliphatic carbocycles. The molecule has 7 nitrogen and oxygen atoms in total. The smallest absolute Gasteiger partial charge is 0.346 e. The molecule has 0 atom stereocenters. The zero-order chi connectivity index (χ0) is 19.3. The van der Waals surface area contributed by atoms with Gasteiger partial charge in [-0.1, -0.05) is 26.2 Å². The molecular formula is C20H27N3O4. The number of carbonyl (C=O) groups is 2. The molecule has 1 spiro atoms. The molecule has 1 aromatic rings. The third kappa shape index (κ3) is 4.07. The number of amides is 3. The molecular weight excluding hydrogens is 346 g/mol. The van der Waals surface area contributed by atoms with Gasteiger partial charge in [-0.3, -0.25) is 4.79 Å². The van der Waals surface area contributed by atoms with Crippen LogP contribution in [0.3, 0.4) is 0 Å². The summed E-state index contributed by atoms with van der Waals surface area (Å²) in [6, 6.07) is 4.99. The lowest BCUT2D eigenvalue weighted by Gasteiger charge is -2.29. The summed E-state index contributed by atoms with van der Waals surface area (Å²) in [7, 11) is 0. The molecule has 3 rings (SSSR count). The Kier molecular flexibility index (Phi) is 5.98. The predicted octanol–water partition coefficient (Wildman–Crippen LogP) is 3.46. The quantitative estimate of drug-likeness (QED) is 0.586. The topological polar surface area (TPSA) is 80.2 Å². The summed E-state index contributed by atoms with van der Waals surface area (Å²) in [4.78, 5) is 25.0. The van der Waals surface area contributed by atoms with Gasteiger partial charge in [0.25, 0.3) is 5.91 Å². The molecule has 1 aliphatic heterocycles. The number of carbonyl (C=O) groups excluding carboxylic acids is 2. The van der Waals surface area contributed by atoms with Crippen LogP contribution in [-0.4, -0.2) is 41.9 Å². The van der Waals surface area contributed by atoms with Gasteiger partial charge >= 0.3 is 6.03 Å². The van der Waals surface area contributed by atoms with Crippen LogP contribution in [0.4, 0.5) is 4.79 Å². The molecule has 0 unspecified atom stereocenters. The minimum absolute atomic E-state index is 0.253. The Morgan fingerprint density at radius 3 is 2.63 bits per heavy atom. The van der Waals surface area contributed by atoms with Crippen molar-refractivity contribution in [3.05, 3.63) is 23.8 Å². The van der Waals surface area contributed by atoms with Crippen LogP contribution in [0, 0.1) is 0 Å². The first-order valence-electron chi connectivity index (χ1n) is 9.70. The molecule has 1 aromatic carbocycles. The van der Waals surface area contributed by atoms with Crippen molar-refractivity contribution in [2.75, 3.05) is 13.2 Å². The van der Waals surface area contributed by atoms with E-state index in [0.717, 1.165) is 36.3 Å². The van der Waals surface area contributed by atoms with E-state index in [1.54, 1.807) is 6.07 Å². The normalized spacial score (nSPS) is 19.0. The van der Waals surface area contributed by atoms with Gasteiger partial charge in [0.05, 0.1) is 19.4 Å². The number of hydrogen-bond donors (Lipinski definition) is 1. The maximum absolute atomic E-state index is 12.7. The molecule has 1 N–H and O–H groups in total. The highest BCUT2D eigenvalue weighted by Crippen LogP contribution is 2.34. The Morgan fingerprint density at radius 2 is 1.93 bits per heavy atom. The van der Waals surface area contributed by atoms with E-state index in [1.165, 1.54) is 6.21 Å². The number of benzene rings is 1. The van der Waals surface area contributed by atoms with Gasteiger partial charge in [-0.15, -0.1) is 5.01 Å². The second kappa shape index (κ2) is 8.41. The van der Waals surface area contributed by atoms with Crippen LogP contribution >= 0.6 is 0 Å². The third-order valence-electron chi connectivity index (χ3n) is 4.90. The van der Waals surface area contributed by atoms with Gasteiger partial charge < -0.3 is 14.8 Å². The number of hydrogen-bond acceptors (Lipinski definition) is 5. The van der Waals surface area contributed by atoms with Crippen LogP contribution in [-0.2, 0) is 4.79 Å². The summed E-state index contributed by atoms with van der Waals surface area (Å²) < 4.78 is 11.3. The fraction of sp³-hybridized carbons (Fsp3) is 0.550. The molecule has 0 bridgehead atoms. The second-order valence-corrected chi connectivity index (χ2v) is 6.92. The van der Waals surface area contributed by atoms with Crippen molar-refractivity contribution in [2.45, 2.75) is 57.9 Å². The van der Waals surface area contributed by atoms with E-state index in [-0.39, 0.29) is 5.91 Å². The van der Waals surface area contributed by atoms with Gasteiger partial charge in [0.1, 0.15) is 5.54 Å². The first kappa shape index (κ1) is 19.2. The van der Waals surface area contributed by atoms with E-state index < -0.39 is 11.6 Å². The van der Waals surface area contributed by atoms with Gasteiger partial charge in [0.2, 0.25) is 0 Å². The number of rotatable bonds is 7. The lowest BCUT2D eigenvalue weighted by molar-refractivity contribution is -0.132. The van der Waals surface area contributed by atoms with E-state index in [0.29, 0.717) is 37.6 Å². The van der Waals surface area contributed by atoms with Crippen LogP contribution in [0.2, 0.25) is 0 Å². The summed E-state index contributed by atoms with van der Waals surface area (Å²) >= 11 is 0. The number of imide groups is 1. The van der Waals surface area contributed by atoms with Crippen LogP contribution in [0.5, 0.6) is 11.5 Å². The number of nitrogens with zero attached hydrogens (tertiary/aromatic N) is 2. The summed E-state index contributed by atoms with van der Waals surface area (Å²) in [6.45, 7) is 5.07. The highest BCUT2D eigenvalue weighted by Gasteiger charge is 2.51. The predicted molar refractivity (Wildman–Crippen MR) is 102 cm³/mol. The maximum Gasteiger partial charge on any atom is 0.346 e. The van der Waals surface area contributed by atoms with Gasteiger partial charge in [-0.2, -0.15) is 5.10 Å². The zero-order valence-corrected chi connectivity index (χ0v) is 16.0. The standard InChI is InChI=1S/C20H27N3O4/c1-3-12-27-16-9-8-15(13-17(16)26-4-2)14-21-23-18(24)20(22-19(23)25)10-6-5-7-11-20/h8-9,13-14H,3-7,10-12H2,1-2H3,(H,22,25)/b21-14-. The van der Waals surface area contributed by atoms with E-state index >= 15 is 0 Å². The summed E-state index contributed by atoms with van der Waals surface area (Å²) in [6.07, 6.45) is 6.76. The molecule has 3 amide bonds. The summed E-state index contributed by atoms with van der Waals surface area (Å²) in [5.41, 5.74) is -0.0337. The van der Waals surface area contributed by atoms with E-state index in [1.807, 2.05) is 26.0 Å². The Morgan fingerprint density at radius 1 is 1.15 bits per heavy atom. The van der Waals surface area contributed by atoms with Gasteiger partial charge in [-0.25, -0.2) is 4.79 Å². The number of hydrazone groups is 1. The Labute approximate surface area is 159 Å². The maximum atomic E-state index is 12.7. The number of ether oxygens (including phenoxy) is 2. The zero-order valence-electron chi connectivity index (χ0n) is 16.0. The Hall–Kier alpha value is -2.57. The first-order valence-corrected chi connectivity index (χ1v) is 9.70. The molecule has 146 valence electrons. The van der Waals surface area contributed by atoms with E-state index in [9.17, 15) is 9.59 Å². The molecule has 1 saturated heterocycles. The highest BCUT2D eigenvalue weighted by molar-refractivity contribution is 6.07. The third-order valence-corrected chi connectivity index (χ3v) is 4.90. The van der Waals surface area contributed by atoms with Crippen LogP contribution in [0.15, 0.2) is 23.3 Å². The largest absolute Gasteiger partial charge is 0.490 e. The number of urea groups is 1. The van der Waals surface area contributed by atoms with Crippen molar-refractivity contribution in [1.29, 1.82) is 0 Å². The van der Waals surface area contributed by atoms with Crippen LogP contribution in [0.1, 0.15) is 57.9 Å². The molecule has 0 radical (unpaired) electrons. The van der Waals surface area contributed by atoms with Crippen molar-refractivity contribution in [3.63, 3.8) is 0 Å². The molecule has 2 aliphatic rings. The van der Waals surface area contributed by atoms with E-state index in [2.05, 4.69) is 10.4 Å². The molecule has 2 fully saturated rings. The average Bonchev–Trinajstić information content (AvgIpc) is 2.89. The molecule has 1 saturated carbocycles. The lowest BCUT2D eigenvalue weighted by atomic mass is 9.82. The average molecular weight is 373 g/mol. The SMILES string of the molecule is CCCOc1ccc(/C=N\N2C(=O)NC3(CCCCC3)C2=O)cc1OCC. The van der Waals surface area contributed by atoms with Crippen LogP contribution < -0.4 is 14.8 Å². The van der Waals surface area contributed by atoms with E-state index in [4.69, 9.17) is 9.47 Å². The summed E-state index contributed by atoms with van der Waals surface area (Å²) in [5, 5.41) is 7.95. The second-order valence-electron chi connectivity index (χ2n) is 6.92. The minimum atomic E-state index is -0.763. The molecule has 27 heavy (non-hydrogen) atoms. The lowest BCUT2D eigenvalue weighted by Crippen LogP contribution is -2.48. The highest BCUT2D eigenvalue weighted by atomic mass is 16.5. The first-order chi connectivity index (χ1) is 13.1. The van der Waals surface area contributed by atoms with Crippen molar-refractivity contribution < 1.29 is 19.1 Å². The molecule has 0 aromatic heterocycles. The van der Waals surface area contributed by atoms with Crippen molar-refractivity contribution in [3.8, 4) is 11.5 Å². The van der Waals surface area contributed by atoms with Gasteiger partial charge in [0, 0.05) is 0 Å². The van der Waals surface area contributed by atoms with Gasteiger partial charge in [0.15, 0.2) is 11.5 Å². The van der Waals surface area contributed by atoms with Gasteiger partial charge in [-0.05, 0) is 49.9 Å². The fourth-order valence-corrected chi connectivity index (χ4v) is 3.53. The van der Waals surface area contributed by atoms with Crippen molar-refractivity contribution in [1.82, 2.24) is 10.3 Å². The minimum Gasteiger partial charge on any atom is -0.490 e. The molecule has 7 heteroatoms. The van der Waals surface area contributed by atoms with Crippen molar-refractivity contribution >= 4 is 18.2 Å². The Balaban J connectivity index is 1.76. The van der Waals surface area contributed by atoms with Crippen molar-refractivity contribution in [2.24, 2.45) is 5.10 Å². The Bertz CT molecular complexity index is 726. The summed E-state index contributed by atoms with van der Waals surface area (Å²) in [5.74, 6) is 1.04. The fourth-order valence-electron chi connectivity index (χ4n) is 3.53. The van der Waals surface area contributed by atoms with Crippen LogP contribution in [0.25, 0.3) is 0 Å².